The van der Waals surface area contributed by atoms with Crippen LogP contribution in [-0.4, -0.2) is 67.4 Å². The summed E-state index contributed by atoms with van der Waals surface area (Å²) in [5.74, 6) is -0.409. The van der Waals surface area contributed by atoms with E-state index < -0.39 is 12.1 Å². The molecule has 4 aromatic carbocycles. The molecule has 0 saturated carbocycles. The minimum absolute atomic E-state index is 0.111. The number of benzene rings is 4. The molecule has 8 nitrogen and oxygen atoms in total. The fourth-order valence-electron chi connectivity index (χ4n) is 6.36. The van der Waals surface area contributed by atoms with Crippen LogP contribution in [0.2, 0.25) is 5.02 Å². The SMILES string of the molecule is O=C(NCCc1ccccc1)c1ccccc1N1CCN(C(=O)C(Cc2ccc(Cl)cc2)NC(=O)C2Cc3ccccc3CN2)CC1. The van der Waals surface area contributed by atoms with Crippen molar-refractivity contribution in [3.63, 3.8) is 0 Å². The van der Waals surface area contributed by atoms with Crippen molar-refractivity contribution in [2.24, 2.45) is 0 Å². The molecule has 2 unspecified atom stereocenters. The first kappa shape index (κ1) is 32.3. The van der Waals surface area contributed by atoms with Crippen LogP contribution in [0.25, 0.3) is 0 Å². The Bertz CT molecular complexity index is 1690. The van der Waals surface area contributed by atoms with Crippen LogP contribution in [-0.2, 0) is 35.4 Å². The van der Waals surface area contributed by atoms with Gasteiger partial charge >= 0.3 is 0 Å². The van der Waals surface area contributed by atoms with Crippen LogP contribution in [0, 0.1) is 0 Å². The van der Waals surface area contributed by atoms with Crippen molar-refractivity contribution in [2.75, 3.05) is 37.6 Å². The third kappa shape index (κ3) is 8.20. The number of carbonyl (C=O) groups excluding carboxylic acids is 3. The molecule has 0 bridgehead atoms. The monoisotopic (exact) mass is 649 g/mol. The maximum atomic E-state index is 14.0. The smallest absolute Gasteiger partial charge is 0.253 e. The predicted molar refractivity (Wildman–Crippen MR) is 186 cm³/mol. The van der Waals surface area contributed by atoms with Crippen molar-refractivity contribution in [3.8, 4) is 0 Å². The van der Waals surface area contributed by atoms with Gasteiger partial charge in [0.2, 0.25) is 11.8 Å². The number of hydrogen-bond donors (Lipinski definition) is 3. The van der Waals surface area contributed by atoms with E-state index >= 15 is 0 Å². The van der Waals surface area contributed by atoms with E-state index in [9.17, 15) is 14.4 Å². The molecule has 3 amide bonds. The molecule has 6 rings (SSSR count). The number of halogens is 1. The van der Waals surface area contributed by atoms with Gasteiger partial charge in [-0.05, 0) is 59.4 Å². The van der Waals surface area contributed by atoms with Gasteiger partial charge in [0, 0.05) is 56.4 Å². The van der Waals surface area contributed by atoms with Gasteiger partial charge < -0.3 is 25.8 Å². The Labute approximate surface area is 281 Å². The topological polar surface area (TPSA) is 93.8 Å². The minimum atomic E-state index is -0.725. The molecule has 3 N–H and O–H groups in total. The summed E-state index contributed by atoms with van der Waals surface area (Å²) in [5.41, 5.74) is 5.90. The first-order valence-corrected chi connectivity index (χ1v) is 16.6. The first-order valence-electron chi connectivity index (χ1n) is 16.2. The maximum Gasteiger partial charge on any atom is 0.253 e. The number of fused-ring (bicyclic) bond motifs is 1. The molecule has 0 spiro atoms. The lowest BCUT2D eigenvalue weighted by Crippen LogP contribution is -2.58. The van der Waals surface area contributed by atoms with E-state index in [0.29, 0.717) is 62.7 Å². The molecule has 0 aliphatic carbocycles. The van der Waals surface area contributed by atoms with Gasteiger partial charge in [0.15, 0.2) is 0 Å². The number of carbonyl (C=O) groups is 3. The van der Waals surface area contributed by atoms with Crippen molar-refractivity contribution < 1.29 is 14.4 Å². The molecule has 1 fully saturated rings. The molecule has 2 aliphatic rings. The number of para-hydroxylation sites is 1. The summed E-state index contributed by atoms with van der Waals surface area (Å²) >= 11 is 6.12. The Morgan fingerprint density at radius 3 is 2.23 bits per heavy atom. The largest absolute Gasteiger partial charge is 0.367 e. The third-order valence-electron chi connectivity index (χ3n) is 8.99. The summed E-state index contributed by atoms with van der Waals surface area (Å²) in [6.07, 6.45) is 1.69. The van der Waals surface area contributed by atoms with Crippen molar-refractivity contribution in [1.29, 1.82) is 0 Å². The summed E-state index contributed by atoms with van der Waals surface area (Å²) in [7, 11) is 0. The zero-order valence-corrected chi connectivity index (χ0v) is 27.1. The molecule has 1 saturated heterocycles. The molecular formula is C38H40ClN5O3. The molecule has 4 aromatic rings. The molecule has 0 aromatic heterocycles. The molecule has 2 atom stereocenters. The highest BCUT2D eigenvalue weighted by Crippen LogP contribution is 2.23. The van der Waals surface area contributed by atoms with E-state index in [1.807, 2.05) is 71.6 Å². The van der Waals surface area contributed by atoms with Crippen molar-refractivity contribution in [2.45, 2.75) is 37.9 Å². The number of piperazine rings is 1. The predicted octanol–water partition coefficient (Wildman–Crippen LogP) is 4.40. The maximum absolute atomic E-state index is 14.0. The van der Waals surface area contributed by atoms with Gasteiger partial charge in [-0.2, -0.15) is 0 Å². The van der Waals surface area contributed by atoms with Crippen molar-refractivity contribution >= 4 is 35.0 Å². The average molecular weight is 650 g/mol. The van der Waals surface area contributed by atoms with Crippen LogP contribution in [0.1, 0.15) is 32.6 Å². The van der Waals surface area contributed by atoms with E-state index in [-0.39, 0.29) is 17.7 Å². The molecule has 242 valence electrons. The molecular weight excluding hydrogens is 610 g/mol. The van der Waals surface area contributed by atoms with Gasteiger partial charge in [-0.1, -0.05) is 90.5 Å². The Kier molecular flexibility index (Phi) is 10.5. The van der Waals surface area contributed by atoms with Crippen LogP contribution in [0.15, 0.2) is 103 Å². The standard InChI is InChI=1S/C38H40ClN5O3/c39-31-16-14-28(15-17-31)24-34(42-37(46)33-25-29-10-4-5-11-30(29)26-41-33)38(47)44-22-20-43(21-23-44)35-13-7-6-12-32(35)36(45)40-19-18-27-8-2-1-3-9-27/h1-17,33-34,41H,18-26H2,(H,40,45)(H,42,46). The van der Waals surface area contributed by atoms with E-state index in [2.05, 4.69) is 45.1 Å². The highest BCUT2D eigenvalue weighted by atomic mass is 35.5. The van der Waals surface area contributed by atoms with Crippen LogP contribution < -0.4 is 20.9 Å². The highest BCUT2D eigenvalue weighted by molar-refractivity contribution is 6.30. The zero-order chi connectivity index (χ0) is 32.6. The summed E-state index contributed by atoms with van der Waals surface area (Å²) in [6.45, 7) is 3.25. The van der Waals surface area contributed by atoms with Gasteiger partial charge in [-0.15, -0.1) is 0 Å². The van der Waals surface area contributed by atoms with Gasteiger partial charge in [-0.3, -0.25) is 14.4 Å². The molecule has 9 heteroatoms. The molecule has 2 heterocycles. The second-order valence-electron chi connectivity index (χ2n) is 12.1. The van der Waals surface area contributed by atoms with E-state index in [4.69, 9.17) is 11.6 Å². The van der Waals surface area contributed by atoms with E-state index in [1.54, 1.807) is 12.1 Å². The van der Waals surface area contributed by atoms with Crippen molar-refractivity contribution in [1.82, 2.24) is 20.9 Å². The number of amides is 3. The van der Waals surface area contributed by atoms with Crippen LogP contribution in [0.4, 0.5) is 5.69 Å². The normalized spacial score (nSPS) is 16.6. The third-order valence-corrected chi connectivity index (χ3v) is 9.24. The lowest BCUT2D eigenvalue weighted by atomic mass is 9.95. The summed E-state index contributed by atoms with van der Waals surface area (Å²) in [4.78, 5) is 44.7. The van der Waals surface area contributed by atoms with E-state index in [0.717, 1.165) is 23.2 Å². The Morgan fingerprint density at radius 2 is 1.47 bits per heavy atom. The van der Waals surface area contributed by atoms with Gasteiger partial charge in [0.25, 0.3) is 5.91 Å². The first-order chi connectivity index (χ1) is 22.9. The lowest BCUT2D eigenvalue weighted by molar-refractivity contribution is -0.137. The van der Waals surface area contributed by atoms with Crippen molar-refractivity contribution in [3.05, 3.63) is 136 Å². The van der Waals surface area contributed by atoms with Crippen LogP contribution in [0.3, 0.4) is 0 Å². The fraction of sp³-hybridized carbons (Fsp3) is 0.289. The Balaban J connectivity index is 1.09. The number of nitrogens with zero attached hydrogens (tertiary/aromatic N) is 2. The summed E-state index contributed by atoms with van der Waals surface area (Å²) in [5, 5.41) is 10.1. The fourth-order valence-corrected chi connectivity index (χ4v) is 6.48. The average Bonchev–Trinajstić information content (AvgIpc) is 3.12. The van der Waals surface area contributed by atoms with Gasteiger partial charge in [-0.25, -0.2) is 0 Å². The number of rotatable bonds is 10. The zero-order valence-electron chi connectivity index (χ0n) is 26.3. The van der Waals surface area contributed by atoms with Crippen LogP contribution in [0.5, 0.6) is 0 Å². The second kappa shape index (κ2) is 15.3. The molecule has 0 radical (unpaired) electrons. The number of hydrogen-bond acceptors (Lipinski definition) is 5. The van der Waals surface area contributed by atoms with E-state index in [1.165, 1.54) is 11.1 Å². The molecule has 47 heavy (non-hydrogen) atoms. The van der Waals surface area contributed by atoms with Crippen LogP contribution >= 0.6 is 11.6 Å². The Hall–Kier alpha value is -4.66. The minimum Gasteiger partial charge on any atom is -0.367 e. The summed E-state index contributed by atoms with van der Waals surface area (Å²) < 4.78 is 0. The second-order valence-corrected chi connectivity index (χ2v) is 12.6. The Morgan fingerprint density at radius 1 is 0.787 bits per heavy atom. The highest BCUT2D eigenvalue weighted by Gasteiger charge is 2.32. The molecule has 2 aliphatic heterocycles. The quantitative estimate of drug-likeness (QED) is 0.237. The number of anilines is 1. The van der Waals surface area contributed by atoms with Gasteiger partial charge in [0.05, 0.1) is 11.6 Å². The van der Waals surface area contributed by atoms with Gasteiger partial charge in [0.1, 0.15) is 6.04 Å². The summed E-state index contributed by atoms with van der Waals surface area (Å²) in [6, 6.07) is 32.1. The lowest BCUT2D eigenvalue weighted by Gasteiger charge is -2.38. The number of nitrogens with one attached hydrogen (secondary N) is 3.